The highest BCUT2D eigenvalue weighted by Gasteiger charge is 2.14. The van der Waals surface area contributed by atoms with Crippen LogP contribution in [0.25, 0.3) is 0 Å². The normalized spacial score (nSPS) is 12.4. The smallest absolute Gasteiger partial charge is 0.245 e. The van der Waals surface area contributed by atoms with Crippen molar-refractivity contribution >= 4 is 0 Å². The molecule has 0 aliphatic rings. The monoisotopic (exact) mass is 249 g/mol. The molecule has 0 saturated carbocycles. The molecule has 1 aromatic carbocycles. The third kappa shape index (κ3) is 2.66. The molecule has 3 N–H and O–H groups in total. The van der Waals surface area contributed by atoms with Crippen molar-refractivity contribution in [2.75, 3.05) is 13.7 Å². The van der Waals surface area contributed by atoms with E-state index in [1.165, 1.54) is 0 Å². The summed E-state index contributed by atoms with van der Waals surface area (Å²) in [5.41, 5.74) is 6.55. The van der Waals surface area contributed by atoms with Crippen LogP contribution in [0, 0.1) is 0 Å². The lowest BCUT2D eigenvalue weighted by Crippen LogP contribution is -2.14. The first-order chi connectivity index (χ1) is 8.74. The lowest BCUT2D eigenvalue weighted by molar-refractivity contribution is 0.236. The average molecular weight is 249 g/mol. The molecule has 1 atom stereocenters. The highest BCUT2D eigenvalue weighted by molar-refractivity contribution is 5.35. The van der Waals surface area contributed by atoms with E-state index in [0.29, 0.717) is 12.2 Å². The zero-order valence-corrected chi connectivity index (χ0v) is 10.0. The minimum absolute atomic E-state index is 0.226. The highest BCUT2D eigenvalue weighted by atomic mass is 16.5. The summed E-state index contributed by atoms with van der Waals surface area (Å²) in [5.74, 6) is 1.52. The van der Waals surface area contributed by atoms with Crippen LogP contribution in [0.2, 0.25) is 0 Å². The lowest BCUT2D eigenvalue weighted by atomic mass is 10.1. The highest BCUT2D eigenvalue weighted by Crippen LogP contribution is 2.20. The number of ether oxygens (including phenoxy) is 1. The number of aromatic nitrogens is 2. The fourth-order valence-corrected chi connectivity index (χ4v) is 1.59. The van der Waals surface area contributed by atoms with Gasteiger partial charge in [0.15, 0.2) is 5.82 Å². The number of hydrogen-bond donors (Lipinski definition) is 2. The second-order valence-corrected chi connectivity index (χ2v) is 3.83. The maximum atomic E-state index is 8.90. The van der Waals surface area contributed by atoms with Crippen LogP contribution in [-0.4, -0.2) is 29.0 Å². The Morgan fingerprint density at radius 1 is 1.44 bits per heavy atom. The fourth-order valence-electron chi connectivity index (χ4n) is 1.59. The Morgan fingerprint density at radius 2 is 2.22 bits per heavy atom. The Bertz CT molecular complexity index is 513. The first-order valence-electron chi connectivity index (χ1n) is 5.55. The van der Waals surface area contributed by atoms with Gasteiger partial charge in [0.1, 0.15) is 11.8 Å². The third-order valence-electron chi connectivity index (χ3n) is 2.54. The molecular formula is C12H15N3O3. The quantitative estimate of drug-likeness (QED) is 0.808. The molecule has 0 radical (unpaired) electrons. The van der Waals surface area contributed by atoms with Gasteiger partial charge in [0.05, 0.1) is 13.7 Å². The fraction of sp³-hybridized carbons (Fsp3) is 0.333. The van der Waals surface area contributed by atoms with Gasteiger partial charge in [-0.05, 0) is 6.07 Å². The molecule has 0 spiro atoms. The summed E-state index contributed by atoms with van der Waals surface area (Å²) < 4.78 is 10.2. The van der Waals surface area contributed by atoms with Gasteiger partial charge in [-0.2, -0.15) is 4.98 Å². The molecule has 96 valence electrons. The third-order valence-corrected chi connectivity index (χ3v) is 2.54. The molecular weight excluding hydrogens is 234 g/mol. The molecule has 6 nitrogen and oxygen atoms in total. The molecule has 2 aromatic rings. The van der Waals surface area contributed by atoms with Crippen LogP contribution in [-0.2, 0) is 6.42 Å². The molecule has 0 aliphatic carbocycles. The van der Waals surface area contributed by atoms with Crippen molar-refractivity contribution in [1.82, 2.24) is 10.1 Å². The van der Waals surface area contributed by atoms with E-state index in [1.807, 2.05) is 24.3 Å². The minimum Gasteiger partial charge on any atom is -0.496 e. The molecule has 6 heteroatoms. The molecule has 0 amide bonds. The predicted molar refractivity (Wildman–Crippen MR) is 64.1 cm³/mol. The predicted octanol–water partition coefficient (Wildman–Crippen LogP) is 0.661. The number of hydrogen-bond acceptors (Lipinski definition) is 6. The van der Waals surface area contributed by atoms with Crippen molar-refractivity contribution < 1.29 is 14.4 Å². The second-order valence-electron chi connectivity index (χ2n) is 3.83. The van der Waals surface area contributed by atoms with Gasteiger partial charge in [-0.3, -0.25) is 0 Å². The van der Waals surface area contributed by atoms with Gasteiger partial charge in [0.2, 0.25) is 5.89 Å². The summed E-state index contributed by atoms with van der Waals surface area (Å²) in [6, 6.07) is 6.98. The number of methoxy groups -OCH3 is 1. The number of aliphatic hydroxyl groups excluding tert-OH is 1. The lowest BCUT2D eigenvalue weighted by Gasteiger charge is -2.05. The van der Waals surface area contributed by atoms with E-state index in [2.05, 4.69) is 10.1 Å². The maximum Gasteiger partial charge on any atom is 0.245 e. The van der Waals surface area contributed by atoms with E-state index in [4.69, 9.17) is 20.1 Å². The van der Waals surface area contributed by atoms with Crippen LogP contribution in [0.3, 0.4) is 0 Å². The summed E-state index contributed by atoms with van der Waals surface area (Å²) in [4.78, 5) is 4.13. The number of benzene rings is 1. The second kappa shape index (κ2) is 5.61. The Morgan fingerprint density at radius 3 is 2.94 bits per heavy atom. The van der Waals surface area contributed by atoms with Crippen LogP contribution in [0.5, 0.6) is 5.75 Å². The summed E-state index contributed by atoms with van der Waals surface area (Å²) >= 11 is 0. The first kappa shape index (κ1) is 12.5. The summed E-state index contributed by atoms with van der Waals surface area (Å²) in [6.45, 7) is -0.226. The standard InChI is InChI=1S/C12H15N3O3/c1-17-10-5-3-2-4-8(10)6-11-14-12(18-15-11)9(13)7-16/h2-5,9,16H,6-7,13H2,1H3/t9-/m1/s1. The van der Waals surface area contributed by atoms with Crippen molar-refractivity contribution in [3.63, 3.8) is 0 Å². The van der Waals surface area contributed by atoms with Crippen LogP contribution < -0.4 is 10.5 Å². The Kier molecular flexibility index (Phi) is 3.91. The summed E-state index contributed by atoms with van der Waals surface area (Å²) in [6.07, 6.45) is 0.492. The van der Waals surface area contributed by atoms with Gasteiger partial charge in [0, 0.05) is 12.0 Å². The van der Waals surface area contributed by atoms with Crippen LogP contribution in [0.15, 0.2) is 28.8 Å². The van der Waals surface area contributed by atoms with Gasteiger partial charge in [-0.15, -0.1) is 0 Å². The zero-order chi connectivity index (χ0) is 13.0. The van der Waals surface area contributed by atoms with E-state index >= 15 is 0 Å². The van der Waals surface area contributed by atoms with E-state index in [9.17, 15) is 0 Å². The van der Waals surface area contributed by atoms with E-state index in [0.717, 1.165) is 11.3 Å². The summed E-state index contributed by atoms with van der Waals surface area (Å²) in [5, 5.41) is 12.7. The minimum atomic E-state index is -0.635. The molecule has 1 heterocycles. The van der Waals surface area contributed by atoms with Gasteiger partial charge in [-0.25, -0.2) is 0 Å². The van der Waals surface area contributed by atoms with Crippen molar-refractivity contribution in [1.29, 1.82) is 0 Å². The van der Waals surface area contributed by atoms with Crippen LogP contribution in [0.4, 0.5) is 0 Å². The molecule has 0 saturated heterocycles. The number of nitrogens with two attached hydrogens (primary N) is 1. The van der Waals surface area contributed by atoms with Gasteiger partial charge >= 0.3 is 0 Å². The van der Waals surface area contributed by atoms with Gasteiger partial charge in [-0.1, -0.05) is 23.4 Å². The van der Waals surface area contributed by atoms with Crippen LogP contribution >= 0.6 is 0 Å². The molecule has 0 aliphatic heterocycles. The Labute approximate surface area is 104 Å². The van der Waals surface area contributed by atoms with Crippen molar-refractivity contribution in [2.45, 2.75) is 12.5 Å². The largest absolute Gasteiger partial charge is 0.496 e. The molecule has 0 unspecified atom stereocenters. The van der Waals surface area contributed by atoms with E-state index < -0.39 is 6.04 Å². The van der Waals surface area contributed by atoms with Crippen molar-refractivity contribution in [3.05, 3.63) is 41.5 Å². The molecule has 0 bridgehead atoms. The zero-order valence-electron chi connectivity index (χ0n) is 10.0. The van der Waals surface area contributed by atoms with Crippen LogP contribution in [0.1, 0.15) is 23.3 Å². The molecule has 1 aromatic heterocycles. The Hall–Kier alpha value is -1.92. The van der Waals surface area contributed by atoms with Crippen molar-refractivity contribution in [2.24, 2.45) is 5.73 Å². The van der Waals surface area contributed by atoms with Gasteiger partial charge < -0.3 is 20.1 Å². The van der Waals surface area contributed by atoms with E-state index in [-0.39, 0.29) is 12.5 Å². The summed E-state index contributed by atoms with van der Waals surface area (Å²) in [7, 11) is 1.61. The first-order valence-corrected chi connectivity index (χ1v) is 5.55. The maximum absolute atomic E-state index is 8.90. The Balaban J connectivity index is 2.16. The number of para-hydroxylation sites is 1. The SMILES string of the molecule is COc1ccccc1Cc1noc([C@H](N)CO)n1. The van der Waals surface area contributed by atoms with Crippen molar-refractivity contribution in [3.8, 4) is 5.75 Å². The van der Waals surface area contributed by atoms with E-state index in [1.54, 1.807) is 7.11 Å². The topological polar surface area (TPSA) is 94.4 Å². The molecule has 2 rings (SSSR count). The molecule has 0 fully saturated rings. The molecule has 18 heavy (non-hydrogen) atoms. The number of nitrogens with zero attached hydrogens (tertiary/aromatic N) is 2. The average Bonchev–Trinajstić information content (AvgIpc) is 2.87. The number of aliphatic hydroxyl groups is 1. The number of rotatable bonds is 5. The van der Waals surface area contributed by atoms with Gasteiger partial charge in [0.25, 0.3) is 0 Å².